The molecule has 2 heteroatoms. The van der Waals surface area contributed by atoms with Crippen molar-refractivity contribution in [2.45, 2.75) is 24.8 Å². The van der Waals surface area contributed by atoms with E-state index < -0.39 is 0 Å². The molecular formula is C17H21NS. The van der Waals surface area contributed by atoms with Gasteiger partial charge in [-0.2, -0.15) is 0 Å². The van der Waals surface area contributed by atoms with Crippen LogP contribution < -0.4 is 5.32 Å². The summed E-state index contributed by atoms with van der Waals surface area (Å²) < 4.78 is 0. The second-order valence-electron chi connectivity index (χ2n) is 4.62. The van der Waals surface area contributed by atoms with E-state index in [1.54, 1.807) is 11.8 Å². The summed E-state index contributed by atoms with van der Waals surface area (Å²) in [7, 11) is 0. The normalized spacial score (nSPS) is 12.4. The van der Waals surface area contributed by atoms with E-state index >= 15 is 0 Å². The zero-order valence-electron chi connectivity index (χ0n) is 11.8. The van der Waals surface area contributed by atoms with Crippen molar-refractivity contribution >= 4 is 11.8 Å². The Morgan fingerprint density at radius 1 is 1.05 bits per heavy atom. The molecule has 1 nitrogen and oxygen atoms in total. The Morgan fingerprint density at radius 2 is 1.74 bits per heavy atom. The Bertz CT molecular complexity index is 519. The maximum absolute atomic E-state index is 3.59. The van der Waals surface area contributed by atoms with Gasteiger partial charge in [0.15, 0.2) is 0 Å². The summed E-state index contributed by atoms with van der Waals surface area (Å²) in [4.78, 5) is 1.31. The molecule has 2 rings (SSSR count). The molecule has 0 amide bonds. The van der Waals surface area contributed by atoms with Crippen LogP contribution in [0.25, 0.3) is 0 Å². The number of benzene rings is 2. The zero-order chi connectivity index (χ0) is 13.7. The maximum atomic E-state index is 3.59. The number of rotatable bonds is 5. The quantitative estimate of drug-likeness (QED) is 0.808. The Hall–Kier alpha value is -1.25. The van der Waals surface area contributed by atoms with Crippen LogP contribution in [-0.2, 0) is 0 Å². The largest absolute Gasteiger partial charge is 0.307 e. The van der Waals surface area contributed by atoms with Crippen molar-refractivity contribution in [1.82, 2.24) is 5.32 Å². The van der Waals surface area contributed by atoms with E-state index in [4.69, 9.17) is 0 Å². The van der Waals surface area contributed by atoms with Gasteiger partial charge < -0.3 is 5.32 Å². The summed E-state index contributed by atoms with van der Waals surface area (Å²) in [5.41, 5.74) is 4.03. The number of aryl methyl sites for hydroxylation is 1. The van der Waals surface area contributed by atoms with E-state index in [-0.39, 0.29) is 6.04 Å². The highest BCUT2D eigenvalue weighted by Crippen LogP contribution is 2.26. The average molecular weight is 271 g/mol. The minimum atomic E-state index is 0.280. The van der Waals surface area contributed by atoms with Gasteiger partial charge in [-0.25, -0.2) is 0 Å². The summed E-state index contributed by atoms with van der Waals surface area (Å²) in [6.45, 7) is 5.29. The molecule has 0 aliphatic rings. The van der Waals surface area contributed by atoms with Crippen LogP contribution in [0.1, 0.15) is 29.7 Å². The van der Waals surface area contributed by atoms with E-state index in [1.807, 2.05) is 0 Å². The molecule has 1 unspecified atom stereocenters. The van der Waals surface area contributed by atoms with E-state index in [2.05, 4.69) is 74.0 Å². The lowest BCUT2D eigenvalue weighted by atomic mass is 9.95. The Labute approximate surface area is 120 Å². The molecule has 0 heterocycles. The topological polar surface area (TPSA) is 12.0 Å². The van der Waals surface area contributed by atoms with Gasteiger partial charge in [-0.15, -0.1) is 11.8 Å². The lowest BCUT2D eigenvalue weighted by molar-refractivity contribution is 0.627. The van der Waals surface area contributed by atoms with Crippen molar-refractivity contribution < 1.29 is 0 Å². The third-order valence-corrected chi connectivity index (χ3v) is 4.10. The molecule has 0 saturated heterocycles. The molecule has 0 saturated carbocycles. The van der Waals surface area contributed by atoms with E-state index in [9.17, 15) is 0 Å². The van der Waals surface area contributed by atoms with Crippen molar-refractivity contribution in [3.63, 3.8) is 0 Å². The molecule has 0 fully saturated rings. The van der Waals surface area contributed by atoms with Gasteiger partial charge in [-0.1, -0.05) is 43.3 Å². The monoisotopic (exact) mass is 271 g/mol. The Morgan fingerprint density at radius 3 is 2.32 bits per heavy atom. The lowest BCUT2D eigenvalue weighted by Crippen LogP contribution is -2.22. The van der Waals surface area contributed by atoms with Crippen LogP contribution in [0.3, 0.4) is 0 Å². The highest BCUT2D eigenvalue weighted by atomic mass is 32.2. The van der Waals surface area contributed by atoms with Gasteiger partial charge in [0.05, 0.1) is 6.04 Å². The molecule has 0 aromatic heterocycles. The highest BCUT2D eigenvalue weighted by Gasteiger charge is 2.14. The molecule has 0 bridgehead atoms. The molecule has 19 heavy (non-hydrogen) atoms. The molecule has 0 spiro atoms. The van der Waals surface area contributed by atoms with Crippen LogP contribution in [0.4, 0.5) is 0 Å². The third kappa shape index (κ3) is 3.40. The lowest BCUT2D eigenvalue weighted by Gasteiger charge is -2.21. The summed E-state index contributed by atoms with van der Waals surface area (Å²) >= 11 is 1.78. The first-order chi connectivity index (χ1) is 9.26. The fraction of sp³-hybridized carbons (Fsp3) is 0.294. The molecule has 1 N–H and O–H groups in total. The minimum Gasteiger partial charge on any atom is -0.307 e. The second kappa shape index (κ2) is 6.78. The fourth-order valence-corrected chi connectivity index (χ4v) is 2.73. The van der Waals surface area contributed by atoms with Crippen molar-refractivity contribution in [1.29, 1.82) is 0 Å². The molecule has 2 aromatic rings. The van der Waals surface area contributed by atoms with E-state index in [0.717, 1.165) is 6.54 Å². The van der Waals surface area contributed by atoms with Gasteiger partial charge in [0.2, 0.25) is 0 Å². The Balaban J connectivity index is 2.36. The smallest absolute Gasteiger partial charge is 0.0579 e. The predicted molar refractivity (Wildman–Crippen MR) is 84.9 cm³/mol. The van der Waals surface area contributed by atoms with Crippen LogP contribution in [0.15, 0.2) is 53.4 Å². The van der Waals surface area contributed by atoms with Gasteiger partial charge in [0, 0.05) is 4.90 Å². The molecule has 0 radical (unpaired) electrons. The number of hydrogen-bond donors (Lipinski definition) is 1. The number of nitrogens with one attached hydrogen (secondary N) is 1. The SMILES string of the molecule is CCNC(c1ccc(SC)cc1)c1ccccc1C. The van der Waals surface area contributed by atoms with Gasteiger partial charge in [0.1, 0.15) is 0 Å². The summed E-state index contributed by atoms with van der Waals surface area (Å²) in [5.74, 6) is 0. The van der Waals surface area contributed by atoms with Gasteiger partial charge in [-0.05, 0) is 48.5 Å². The third-order valence-electron chi connectivity index (χ3n) is 3.36. The first-order valence-corrected chi connectivity index (χ1v) is 7.91. The first kappa shape index (κ1) is 14.2. The Kier molecular flexibility index (Phi) is 5.06. The number of hydrogen-bond acceptors (Lipinski definition) is 2. The van der Waals surface area contributed by atoms with Crippen molar-refractivity contribution in [2.75, 3.05) is 12.8 Å². The fourth-order valence-electron chi connectivity index (χ4n) is 2.32. The molecule has 1 atom stereocenters. The van der Waals surface area contributed by atoms with Crippen molar-refractivity contribution in [3.8, 4) is 0 Å². The van der Waals surface area contributed by atoms with Crippen molar-refractivity contribution in [3.05, 3.63) is 65.2 Å². The molecule has 2 aromatic carbocycles. The van der Waals surface area contributed by atoms with E-state index in [0.29, 0.717) is 0 Å². The molecule has 0 aliphatic carbocycles. The molecule has 0 aliphatic heterocycles. The summed E-state index contributed by atoms with van der Waals surface area (Å²) in [6, 6.07) is 17.7. The maximum Gasteiger partial charge on any atom is 0.0579 e. The molecule has 100 valence electrons. The second-order valence-corrected chi connectivity index (χ2v) is 5.50. The van der Waals surface area contributed by atoms with Crippen molar-refractivity contribution in [2.24, 2.45) is 0 Å². The number of thioether (sulfide) groups is 1. The van der Waals surface area contributed by atoms with Crippen LogP contribution >= 0.6 is 11.8 Å². The summed E-state index contributed by atoms with van der Waals surface area (Å²) in [5, 5.41) is 3.59. The zero-order valence-corrected chi connectivity index (χ0v) is 12.6. The average Bonchev–Trinajstić information content (AvgIpc) is 2.46. The van der Waals surface area contributed by atoms with Crippen LogP contribution in [-0.4, -0.2) is 12.8 Å². The summed E-state index contributed by atoms with van der Waals surface area (Å²) in [6.07, 6.45) is 2.11. The van der Waals surface area contributed by atoms with Gasteiger partial charge >= 0.3 is 0 Å². The highest BCUT2D eigenvalue weighted by molar-refractivity contribution is 7.98. The molecular weight excluding hydrogens is 250 g/mol. The van der Waals surface area contributed by atoms with E-state index in [1.165, 1.54) is 21.6 Å². The standard InChI is InChI=1S/C17H21NS/c1-4-18-17(16-8-6-5-7-13(16)2)14-9-11-15(19-3)12-10-14/h5-12,17-18H,4H2,1-3H3. The minimum absolute atomic E-state index is 0.280. The van der Waals surface area contributed by atoms with Crippen LogP contribution in [0, 0.1) is 6.92 Å². The van der Waals surface area contributed by atoms with Crippen LogP contribution in [0.2, 0.25) is 0 Å². The van der Waals surface area contributed by atoms with Gasteiger partial charge in [0.25, 0.3) is 0 Å². The predicted octanol–water partition coefficient (Wildman–Crippen LogP) is 4.42. The first-order valence-electron chi connectivity index (χ1n) is 6.69. The van der Waals surface area contributed by atoms with Crippen LogP contribution in [0.5, 0.6) is 0 Å². The van der Waals surface area contributed by atoms with Gasteiger partial charge in [-0.3, -0.25) is 0 Å².